The van der Waals surface area contributed by atoms with Gasteiger partial charge < -0.3 is 14.8 Å². The van der Waals surface area contributed by atoms with Gasteiger partial charge in [0.2, 0.25) is 0 Å². The molecule has 29 heavy (non-hydrogen) atoms. The summed E-state index contributed by atoms with van der Waals surface area (Å²) in [4.78, 5) is 22.3. The minimum absolute atomic E-state index is 0.0218. The maximum Gasteiger partial charge on any atom is 0.509 e. The molecule has 1 aromatic rings. The predicted octanol–water partition coefficient (Wildman–Crippen LogP) is 3.51. The van der Waals surface area contributed by atoms with Crippen molar-refractivity contribution in [1.29, 1.82) is 0 Å². The number of carbonyl (C=O) groups is 2. The number of hydrogen-bond acceptors (Lipinski definition) is 6. The van der Waals surface area contributed by atoms with Gasteiger partial charge in [0.15, 0.2) is 20.8 Å². The summed E-state index contributed by atoms with van der Waals surface area (Å²) >= 11 is 11.0. The van der Waals surface area contributed by atoms with Gasteiger partial charge in [-0.05, 0) is 37.6 Å². The van der Waals surface area contributed by atoms with E-state index in [-0.39, 0.29) is 17.1 Å². The van der Waals surface area contributed by atoms with Gasteiger partial charge in [0.05, 0.1) is 10.9 Å². The summed E-state index contributed by atoms with van der Waals surface area (Å²) in [5.41, 5.74) is 1.15. The molecule has 0 saturated heterocycles. The number of halogens is 3. The molecule has 1 rings (SSSR count). The van der Waals surface area contributed by atoms with Crippen LogP contribution < -0.4 is 5.32 Å². The number of amides is 1. The molecule has 0 unspecified atom stereocenters. The highest BCUT2D eigenvalue weighted by Gasteiger charge is 2.31. The third-order valence-corrected chi connectivity index (χ3v) is 5.14. The van der Waals surface area contributed by atoms with Gasteiger partial charge >= 0.3 is 6.16 Å². The summed E-state index contributed by atoms with van der Waals surface area (Å²) < 4.78 is 47.0. The first kappa shape index (κ1) is 25.2. The highest BCUT2D eigenvalue weighted by atomic mass is 35.5. The molecule has 1 aromatic carbocycles. The molecule has 0 spiro atoms. The Labute approximate surface area is 179 Å². The van der Waals surface area contributed by atoms with E-state index in [0.29, 0.717) is 0 Å². The Morgan fingerprint density at radius 2 is 1.79 bits per heavy atom. The summed E-state index contributed by atoms with van der Waals surface area (Å²) in [7, 11) is -3.46. The average molecular weight is 470 g/mol. The number of nitrogens with one attached hydrogen (secondary N) is 1. The Hall–Kier alpha value is -1.84. The summed E-state index contributed by atoms with van der Waals surface area (Å²) in [6, 6.07) is 3.91. The van der Waals surface area contributed by atoms with Gasteiger partial charge in [-0.3, -0.25) is 4.79 Å². The second kappa shape index (κ2) is 11.4. The first-order chi connectivity index (χ1) is 13.5. The first-order valence-electron chi connectivity index (χ1n) is 8.37. The van der Waals surface area contributed by atoms with E-state index in [9.17, 15) is 22.4 Å². The molecule has 0 radical (unpaired) electrons. The fraction of sp³-hybridized carbons (Fsp3) is 0.444. The third-order valence-electron chi connectivity index (χ3n) is 3.61. The number of rotatable bonds is 9. The van der Waals surface area contributed by atoms with Gasteiger partial charge in [-0.1, -0.05) is 40.9 Å². The minimum Gasteiger partial charge on any atom is -0.430 e. The Balaban J connectivity index is 3.14. The lowest BCUT2D eigenvalue weighted by atomic mass is 10.0. The Morgan fingerprint density at radius 3 is 2.24 bits per heavy atom. The van der Waals surface area contributed by atoms with Crippen molar-refractivity contribution in [2.24, 2.45) is 0 Å². The zero-order valence-corrected chi connectivity index (χ0v) is 18.4. The number of ether oxygens (including phenoxy) is 2. The number of allylic oxidation sites excluding steroid dienone is 1. The summed E-state index contributed by atoms with van der Waals surface area (Å²) in [6.07, 6.45) is 0.254. The lowest BCUT2D eigenvalue weighted by Crippen LogP contribution is -2.44. The predicted molar refractivity (Wildman–Crippen MR) is 108 cm³/mol. The quantitative estimate of drug-likeness (QED) is 0.337. The molecular formula is C18H22Cl2FNO6S. The van der Waals surface area contributed by atoms with Gasteiger partial charge in [-0.2, -0.15) is 0 Å². The fourth-order valence-electron chi connectivity index (χ4n) is 2.14. The minimum atomic E-state index is -3.46. The smallest absolute Gasteiger partial charge is 0.430 e. The molecule has 162 valence electrons. The van der Waals surface area contributed by atoms with E-state index < -0.39 is 45.6 Å². The maximum atomic E-state index is 13.7. The monoisotopic (exact) mass is 469 g/mol. The molecule has 0 heterocycles. The van der Waals surface area contributed by atoms with Crippen LogP contribution in [0, 0.1) is 0 Å². The molecule has 2 atom stereocenters. The van der Waals surface area contributed by atoms with E-state index in [0.717, 1.165) is 11.8 Å². The third kappa shape index (κ3) is 8.59. The Bertz CT molecular complexity index is 838. The molecule has 1 amide bonds. The average Bonchev–Trinajstić information content (AvgIpc) is 2.63. The normalized spacial score (nSPS) is 13.3. The zero-order valence-electron chi connectivity index (χ0n) is 16.0. The van der Waals surface area contributed by atoms with Gasteiger partial charge in [-0.15, -0.1) is 0 Å². The number of hydrogen-bond donors (Lipinski definition) is 1. The number of alkyl halides is 3. The van der Waals surface area contributed by atoms with Crippen LogP contribution in [0.5, 0.6) is 0 Å². The molecule has 0 fully saturated rings. The van der Waals surface area contributed by atoms with Gasteiger partial charge in [0.25, 0.3) is 5.91 Å². The molecule has 1 N–H and O–H groups in total. The van der Waals surface area contributed by atoms with Crippen molar-refractivity contribution in [3.8, 4) is 0 Å². The zero-order chi connectivity index (χ0) is 22.2. The van der Waals surface area contributed by atoms with Crippen LogP contribution in [-0.4, -0.2) is 50.9 Å². The van der Waals surface area contributed by atoms with Crippen LogP contribution in [0.1, 0.15) is 25.5 Å². The molecule has 0 aromatic heterocycles. The van der Waals surface area contributed by atoms with Crippen LogP contribution >= 0.6 is 23.2 Å². The molecule has 0 aliphatic carbocycles. The molecule has 0 saturated carbocycles. The van der Waals surface area contributed by atoms with Crippen molar-refractivity contribution >= 4 is 45.1 Å². The van der Waals surface area contributed by atoms with Crippen molar-refractivity contribution in [2.75, 3.05) is 19.5 Å². The highest BCUT2D eigenvalue weighted by molar-refractivity contribution is 7.90. The van der Waals surface area contributed by atoms with Crippen LogP contribution in [0.4, 0.5) is 9.18 Å². The van der Waals surface area contributed by atoms with Crippen molar-refractivity contribution in [1.82, 2.24) is 5.32 Å². The molecule has 7 nitrogen and oxygen atoms in total. The molecular weight excluding hydrogens is 448 g/mol. The van der Waals surface area contributed by atoms with E-state index in [1.807, 2.05) is 13.8 Å². The number of carbonyl (C=O) groups excluding carboxylic acids is 2. The van der Waals surface area contributed by atoms with Gasteiger partial charge in [-0.25, -0.2) is 17.6 Å². The van der Waals surface area contributed by atoms with Crippen LogP contribution in [0.15, 0.2) is 40.8 Å². The van der Waals surface area contributed by atoms with Crippen molar-refractivity contribution in [3.63, 3.8) is 0 Å². The van der Waals surface area contributed by atoms with E-state index in [4.69, 9.17) is 32.7 Å². The molecule has 0 bridgehead atoms. The summed E-state index contributed by atoms with van der Waals surface area (Å²) in [5.74, 6) is -0.879. The Morgan fingerprint density at radius 1 is 1.21 bits per heavy atom. The van der Waals surface area contributed by atoms with E-state index >= 15 is 0 Å². The van der Waals surface area contributed by atoms with E-state index in [1.165, 1.54) is 24.3 Å². The SMILES string of the molecule is CC(C)=CCOC(=O)O[C@H](c1ccc(S(C)(=O)=O)cc1)[C@@H](CF)NC(=O)C(Cl)Cl. The highest BCUT2D eigenvalue weighted by Crippen LogP contribution is 2.25. The number of benzene rings is 1. The first-order valence-corrected chi connectivity index (χ1v) is 11.1. The summed E-state index contributed by atoms with van der Waals surface area (Å²) in [5, 5.41) is 2.25. The van der Waals surface area contributed by atoms with Gasteiger partial charge in [0.1, 0.15) is 13.3 Å². The Kier molecular flexibility index (Phi) is 9.88. The molecule has 0 aliphatic heterocycles. The van der Waals surface area contributed by atoms with Crippen molar-refractivity contribution in [3.05, 3.63) is 41.5 Å². The van der Waals surface area contributed by atoms with Crippen LogP contribution in [0.2, 0.25) is 0 Å². The van der Waals surface area contributed by atoms with E-state index in [1.54, 1.807) is 6.08 Å². The fourth-order valence-corrected chi connectivity index (χ4v) is 2.90. The summed E-state index contributed by atoms with van der Waals surface area (Å²) in [6.45, 7) is 2.44. The topological polar surface area (TPSA) is 98.8 Å². The second-order valence-electron chi connectivity index (χ2n) is 6.29. The van der Waals surface area contributed by atoms with Crippen LogP contribution in [0.3, 0.4) is 0 Å². The molecule has 11 heteroatoms. The van der Waals surface area contributed by atoms with Crippen molar-refractivity contribution in [2.45, 2.75) is 35.7 Å². The standard InChI is InChI=1S/C18H22Cl2FNO6S/c1-11(2)8-9-27-18(24)28-15(14(10-21)22-17(23)16(19)20)12-4-6-13(7-5-12)29(3,25)26/h4-8,14-16H,9-10H2,1-3H3,(H,22,23)/t14-,15-/m1/s1. The number of sulfone groups is 1. The van der Waals surface area contributed by atoms with Gasteiger partial charge in [0, 0.05) is 6.26 Å². The lowest BCUT2D eigenvalue weighted by molar-refractivity contribution is -0.121. The van der Waals surface area contributed by atoms with Crippen LogP contribution in [-0.2, 0) is 24.1 Å². The van der Waals surface area contributed by atoms with Crippen molar-refractivity contribution < 1.29 is 31.9 Å². The van der Waals surface area contributed by atoms with Crippen LogP contribution in [0.25, 0.3) is 0 Å². The molecule has 0 aliphatic rings. The lowest BCUT2D eigenvalue weighted by Gasteiger charge is -2.26. The second-order valence-corrected chi connectivity index (χ2v) is 9.40. The largest absolute Gasteiger partial charge is 0.509 e. The maximum absolute atomic E-state index is 13.7. The van der Waals surface area contributed by atoms with E-state index in [2.05, 4.69) is 5.32 Å².